The Labute approximate surface area is 210 Å². The second-order valence-corrected chi connectivity index (χ2v) is 9.62. The number of nitrogens with zero attached hydrogens (tertiary/aromatic N) is 1. The van der Waals surface area contributed by atoms with Gasteiger partial charge in [-0.15, -0.1) is 0 Å². The summed E-state index contributed by atoms with van der Waals surface area (Å²) >= 11 is 0. The Morgan fingerprint density at radius 3 is 2.50 bits per heavy atom. The lowest BCUT2D eigenvalue weighted by molar-refractivity contribution is -0.130. The summed E-state index contributed by atoms with van der Waals surface area (Å²) in [5, 5.41) is 5.79. The van der Waals surface area contributed by atoms with E-state index in [0.29, 0.717) is 35.5 Å². The molecule has 1 saturated heterocycles. The molecule has 36 heavy (non-hydrogen) atoms. The van der Waals surface area contributed by atoms with Crippen LogP contribution in [0.2, 0.25) is 0 Å². The number of carbonyl (C=O) groups excluding carboxylic acids is 3. The number of amides is 3. The number of ether oxygens (including phenoxy) is 3. The summed E-state index contributed by atoms with van der Waals surface area (Å²) < 4.78 is 17.4. The van der Waals surface area contributed by atoms with E-state index in [9.17, 15) is 14.4 Å². The average Bonchev–Trinajstić information content (AvgIpc) is 3.73. The van der Waals surface area contributed by atoms with Gasteiger partial charge in [0.05, 0.1) is 31.2 Å². The maximum atomic E-state index is 13.3. The molecule has 9 heteroatoms. The second kappa shape index (κ2) is 10.2. The van der Waals surface area contributed by atoms with Gasteiger partial charge in [0.2, 0.25) is 11.8 Å². The van der Waals surface area contributed by atoms with Gasteiger partial charge in [0, 0.05) is 24.3 Å². The van der Waals surface area contributed by atoms with Crippen LogP contribution in [0.4, 0.5) is 11.4 Å². The largest absolute Gasteiger partial charge is 0.497 e. The minimum Gasteiger partial charge on any atom is -0.497 e. The molecule has 2 N–H and O–H groups in total. The van der Waals surface area contributed by atoms with Gasteiger partial charge in [0.1, 0.15) is 24.2 Å². The Morgan fingerprint density at radius 2 is 1.78 bits per heavy atom. The molecule has 2 fully saturated rings. The van der Waals surface area contributed by atoms with E-state index in [1.54, 1.807) is 61.5 Å². The van der Waals surface area contributed by atoms with Crippen LogP contribution >= 0.6 is 0 Å². The topological polar surface area (TPSA) is 106 Å². The van der Waals surface area contributed by atoms with Gasteiger partial charge in [-0.1, -0.05) is 0 Å². The SMILES string of the molecule is COc1ccc(NC(=O)C[C@H]2CC[C@H]3[C@@H](COc4ccc(NC(=O)C5CC5)cc4C(=O)N3C)O2)cc1. The molecule has 2 aliphatic heterocycles. The molecule has 5 rings (SSSR count). The molecular formula is C27H31N3O6. The number of fused-ring (bicyclic) bond motifs is 2. The molecule has 190 valence electrons. The zero-order valence-electron chi connectivity index (χ0n) is 20.5. The van der Waals surface area contributed by atoms with Crippen LogP contribution < -0.4 is 20.1 Å². The lowest BCUT2D eigenvalue weighted by Crippen LogP contribution is -2.53. The first-order valence-electron chi connectivity index (χ1n) is 12.4. The molecule has 0 aromatic heterocycles. The van der Waals surface area contributed by atoms with Crippen LogP contribution in [0.15, 0.2) is 42.5 Å². The summed E-state index contributed by atoms with van der Waals surface area (Å²) in [6.07, 6.45) is 2.77. The average molecular weight is 494 g/mol. The van der Waals surface area contributed by atoms with E-state index in [4.69, 9.17) is 14.2 Å². The van der Waals surface area contributed by atoms with Crippen molar-refractivity contribution in [2.45, 2.75) is 50.4 Å². The number of benzene rings is 2. The summed E-state index contributed by atoms with van der Waals surface area (Å²) in [5.74, 6) is 0.932. The summed E-state index contributed by atoms with van der Waals surface area (Å²) in [6, 6.07) is 12.1. The molecule has 0 radical (unpaired) electrons. The Balaban J connectivity index is 1.22. The van der Waals surface area contributed by atoms with Crippen molar-refractivity contribution >= 4 is 29.1 Å². The van der Waals surface area contributed by atoms with Crippen molar-refractivity contribution in [3.63, 3.8) is 0 Å². The van der Waals surface area contributed by atoms with Crippen molar-refractivity contribution in [2.75, 3.05) is 31.4 Å². The van der Waals surface area contributed by atoms with Gasteiger partial charge in [-0.2, -0.15) is 0 Å². The van der Waals surface area contributed by atoms with E-state index in [2.05, 4.69) is 10.6 Å². The fourth-order valence-corrected chi connectivity index (χ4v) is 4.79. The quantitative estimate of drug-likeness (QED) is 0.639. The first-order chi connectivity index (χ1) is 17.4. The van der Waals surface area contributed by atoms with Crippen LogP contribution in [-0.2, 0) is 14.3 Å². The van der Waals surface area contributed by atoms with Crippen molar-refractivity contribution in [2.24, 2.45) is 5.92 Å². The van der Waals surface area contributed by atoms with Crippen LogP contribution in [0.3, 0.4) is 0 Å². The molecule has 1 aliphatic carbocycles. The Bertz CT molecular complexity index is 1150. The number of methoxy groups -OCH3 is 1. The fourth-order valence-electron chi connectivity index (χ4n) is 4.79. The number of likely N-dealkylation sites (N-methyl/N-ethyl adjacent to an activating group) is 1. The Hall–Kier alpha value is -3.59. The van der Waals surface area contributed by atoms with Gasteiger partial charge in [-0.05, 0) is 68.1 Å². The smallest absolute Gasteiger partial charge is 0.257 e. The summed E-state index contributed by atoms with van der Waals surface area (Å²) in [4.78, 5) is 39.8. The van der Waals surface area contributed by atoms with E-state index in [0.717, 1.165) is 18.6 Å². The third-order valence-corrected chi connectivity index (χ3v) is 7.01. The zero-order chi connectivity index (χ0) is 25.2. The molecule has 3 aliphatic rings. The van der Waals surface area contributed by atoms with E-state index in [-0.39, 0.29) is 54.9 Å². The van der Waals surface area contributed by atoms with Crippen LogP contribution in [0.5, 0.6) is 11.5 Å². The van der Waals surface area contributed by atoms with Gasteiger partial charge < -0.3 is 29.7 Å². The van der Waals surface area contributed by atoms with Crippen LogP contribution in [0.25, 0.3) is 0 Å². The minimum absolute atomic E-state index is 0.00895. The number of hydrogen-bond donors (Lipinski definition) is 2. The molecule has 2 aromatic carbocycles. The van der Waals surface area contributed by atoms with E-state index < -0.39 is 0 Å². The first-order valence-corrected chi connectivity index (χ1v) is 12.4. The monoisotopic (exact) mass is 493 g/mol. The van der Waals surface area contributed by atoms with Gasteiger partial charge in [0.15, 0.2) is 0 Å². The van der Waals surface area contributed by atoms with Crippen molar-refractivity contribution in [3.05, 3.63) is 48.0 Å². The van der Waals surface area contributed by atoms with Crippen molar-refractivity contribution in [1.29, 1.82) is 0 Å². The van der Waals surface area contributed by atoms with Gasteiger partial charge >= 0.3 is 0 Å². The van der Waals surface area contributed by atoms with Crippen LogP contribution in [0.1, 0.15) is 42.5 Å². The van der Waals surface area contributed by atoms with Crippen molar-refractivity contribution in [1.82, 2.24) is 4.90 Å². The molecule has 0 bridgehead atoms. The molecule has 0 unspecified atom stereocenters. The van der Waals surface area contributed by atoms with E-state index in [1.807, 2.05) is 0 Å². The summed E-state index contributed by atoms with van der Waals surface area (Å²) in [5.41, 5.74) is 1.71. The Kier molecular flexibility index (Phi) is 6.82. The highest BCUT2D eigenvalue weighted by Gasteiger charge is 2.39. The number of carbonyl (C=O) groups is 3. The van der Waals surface area contributed by atoms with Crippen molar-refractivity contribution in [3.8, 4) is 11.5 Å². The minimum atomic E-state index is -0.353. The third kappa shape index (κ3) is 5.31. The standard InChI is InChI=1S/C27H31N3O6/c1-30-22-11-10-20(14-25(31)28-17-5-8-19(34-2)9-6-17)36-24(22)15-35-23-12-7-18(13-21(23)27(30)33)29-26(32)16-3-4-16/h5-9,12-13,16,20,22,24H,3-4,10-11,14-15H2,1-2H3,(H,28,31)(H,29,32)/t20-,22+,24-/m1/s1. The number of anilines is 2. The normalized spacial score (nSPS) is 23.3. The van der Waals surface area contributed by atoms with E-state index >= 15 is 0 Å². The third-order valence-electron chi connectivity index (χ3n) is 7.01. The number of nitrogens with one attached hydrogen (secondary N) is 2. The van der Waals surface area contributed by atoms with Crippen LogP contribution in [0, 0.1) is 5.92 Å². The maximum Gasteiger partial charge on any atom is 0.257 e. The summed E-state index contributed by atoms with van der Waals surface area (Å²) in [7, 11) is 3.36. The molecular weight excluding hydrogens is 462 g/mol. The highest BCUT2D eigenvalue weighted by atomic mass is 16.5. The fraction of sp³-hybridized carbons (Fsp3) is 0.444. The van der Waals surface area contributed by atoms with Crippen LogP contribution in [-0.4, -0.2) is 61.6 Å². The lowest BCUT2D eigenvalue weighted by atomic mass is 9.94. The predicted octanol–water partition coefficient (Wildman–Crippen LogP) is 3.45. The molecule has 0 spiro atoms. The predicted molar refractivity (Wildman–Crippen MR) is 133 cm³/mol. The molecule has 2 aromatic rings. The molecule has 1 saturated carbocycles. The second-order valence-electron chi connectivity index (χ2n) is 9.62. The number of hydrogen-bond acceptors (Lipinski definition) is 6. The van der Waals surface area contributed by atoms with Gasteiger partial charge in [-0.3, -0.25) is 14.4 Å². The number of rotatable bonds is 6. The highest BCUT2D eigenvalue weighted by Crippen LogP contribution is 2.34. The molecule has 9 nitrogen and oxygen atoms in total. The Morgan fingerprint density at radius 1 is 1.03 bits per heavy atom. The summed E-state index contributed by atoms with van der Waals surface area (Å²) in [6.45, 7) is 0.264. The first kappa shape index (κ1) is 24.1. The zero-order valence-corrected chi connectivity index (χ0v) is 20.5. The molecule has 3 atom stereocenters. The maximum absolute atomic E-state index is 13.3. The lowest BCUT2D eigenvalue weighted by Gasteiger charge is -2.42. The van der Waals surface area contributed by atoms with Gasteiger partial charge in [0.25, 0.3) is 5.91 Å². The molecule has 3 amide bonds. The van der Waals surface area contributed by atoms with E-state index in [1.165, 1.54) is 0 Å². The highest BCUT2D eigenvalue weighted by molar-refractivity contribution is 6.00. The van der Waals surface area contributed by atoms with Gasteiger partial charge in [-0.25, -0.2) is 0 Å². The molecule has 2 heterocycles. The van der Waals surface area contributed by atoms with Crippen molar-refractivity contribution < 1.29 is 28.6 Å².